The summed E-state index contributed by atoms with van der Waals surface area (Å²) in [4.78, 5) is 0. The van der Waals surface area contributed by atoms with Gasteiger partial charge in [-0.25, -0.2) is 0 Å². The summed E-state index contributed by atoms with van der Waals surface area (Å²) in [5.41, 5.74) is 5.66. The van der Waals surface area contributed by atoms with Crippen molar-refractivity contribution in [3.63, 3.8) is 0 Å². The zero-order valence-electron chi connectivity index (χ0n) is 19.7. The largest absolute Gasteiger partial charge is 0.508 e. The molecule has 0 bridgehead atoms. The lowest BCUT2D eigenvalue weighted by atomic mass is 9.87. The Bertz CT molecular complexity index is 812. The minimum atomic E-state index is -0.374. The highest BCUT2D eigenvalue weighted by atomic mass is 16.5. The SMILES string of the molecule is CC(C)=CC[C@@H](O)C(C)=CCCC(C)=CCC[C@]1(C)CCc2cc(O)cc(C)c2O1. The Labute approximate surface area is 183 Å². The maximum Gasteiger partial charge on any atom is 0.126 e. The Morgan fingerprint density at radius 2 is 1.87 bits per heavy atom. The maximum atomic E-state index is 10.2. The summed E-state index contributed by atoms with van der Waals surface area (Å²) in [5.74, 6) is 1.28. The van der Waals surface area contributed by atoms with E-state index in [2.05, 4.69) is 45.9 Å². The van der Waals surface area contributed by atoms with Crippen molar-refractivity contribution in [2.24, 2.45) is 0 Å². The zero-order valence-corrected chi connectivity index (χ0v) is 19.7. The fourth-order valence-electron chi connectivity index (χ4n) is 3.95. The van der Waals surface area contributed by atoms with Crippen molar-refractivity contribution < 1.29 is 14.9 Å². The van der Waals surface area contributed by atoms with Gasteiger partial charge in [0.05, 0.1) is 6.10 Å². The van der Waals surface area contributed by atoms with Crippen LogP contribution in [0, 0.1) is 6.92 Å². The molecule has 0 saturated carbocycles. The molecule has 1 aliphatic heterocycles. The molecular weight excluding hydrogens is 372 g/mol. The number of hydrogen-bond acceptors (Lipinski definition) is 3. The Balaban J connectivity index is 1.82. The van der Waals surface area contributed by atoms with Gasteiger partial charge in [0.2, 0.25) is 0 Å². The van der Waals surface area contributed by atoms with E-state index in [0.29, 0.717) is 12.2 Å². The highest BCUT2D eigenvalue weighted by Gasteiger charge is 2.31. The molecule has 2 N–H and O–H groups in total. The highest BCUT2D eigenvalue weighted by molar-refractivity contribution is 5.47. The van der Waals surface area contributed by atoms with Crippen molar-refractivity contribution >= 4 is 0 Å². The summed E-state index contributed by atoms with van der Waals surface area (Å²) in [6.45, 7) is 12.5. The minimum Gasteiger partial charge on any atom is -0.508 e. The molecule has 3 heteroatoms. The average Bonchev–Trinajstić information content (AvgIpc) is 2.66. The number of aliphatic hydroxyl groups is 1. The van der Waals surface area contributed by atoms with Gasteiger partial charge in [-0.3, -0.25) is 0 Å². The molecular formula is C27H40O3. The van der Waals surface area contributed by atoms with Crippen molar-refractivity contribution in [2.45, 2.75) is 98.2 Å². The second-order valence-electron chi connectivity index (χ2n) is 9.41. The smallest absolute Gasteiger partial charge is 0.126 e. The quantitative estimate of drug-likeness (QED) is 0.431. The van der Waals surface area contributed by atoms with E-state index in [1.807, 2.05) is 19.9 Å². The number of aliphatic hydroxyl groups excluding tert-OH is 1. The van der Waals surface area contributed by atoms with Crippen LogP contribution in [0.15, 0.2) is 47.1 Å². The third-order valence-corrected chi connectivity index (χ3v) is 6.05. The molecule has 0 amide bonds. The minimum absolute atomic E-state index is 0.156. The number of ether oxygens (including phenoxy) is 1. The Hall–Kier alpha value is -2.00. The average molecular weight is 413 g/mol. The van der Waals surface area contributed by atoms with E-state index >= 15 is 0 Å². The van der Waals surface area contributed by atoms with Gasteiger partial charge < -0.3 is 14.9 Å². The summed E-state index contributed by atoms with van der Waals surface area (Å²) >= 11 is 0. The van der Waals surface area contributed by atoms with E-state index in [0.717, 1.165) is 61.0 Å². The van der Waals surface area contributed by atoms with Gasteiger partial charge in [-0.15, -0.1) is 0 Å². The summed E-state index contributed by atoms with van der Waals surface area (Å²) in [5, 5.41) is 20.0. The summed E-state index contributed by atoms with van der Waals surface area (Å²) in [7, 11) is 0. The molecule has 1 aromatic carbocycles. The Morgan fingerprint density at radius 3 is 2.57 bits per heavy atom. The molecule has 0 spiro atoms. The van der Waals surface area contributed by atoms with Gasteiger partial charge >= 0.3 is 0 Å². The second-order valence-corrected chi connectivity index (χ2v) is 9.41. The number of phenolic OH excluding ortho intramolecular Hbond substituents is 1. The normalized spacial score (nSPS) is 20.4. The van der Waals surface area contributed by atoms with Crippen LogP contribution in [0.3, 0.4) is 0 Å². The van der Waals surface area contributed by atoms with Crippen LogP contribution in [-0.2, 0) is 6.42 Å². The molecule has 1 heterocycles. The highest BCUT2D eigenvalue weighted by Crippen LogP contribution is 2.39. The van der Waals surface area contributed by atoms with Gasteiger partial charge in [0.15, 0.2) is 0 Å². The van der Waals surface area contributed by atoms with E-state index in [9.17, 15) is 10.2 Å². The number of hydrogen-bond donors (Lipinski definition) is 2. The van der Waals surface area contributed by atoms with Gasteiger partial charge in [0.1, 0.15) is 17.1 Å². The molecule has 0 fully saturated rings. The third kappa shape index (κ3) is 7.36. The van der Waals surface area contributed by atoms with Crippen molar-refractivity contribution in [1.29, 1.82) is 0 Å². The topological polar surface area (TPSA) is 49.7 Å². The molecule has 166 valence electrons. The molecule has 3 nitrogen and oxygen atoms in total. The summed E-state index contributed by atoms with van der Waals surface area (Å²) in [6, 6.07) is 3.61. The fraction of sp³-hybridized carbons (Fsp3) is 0.556. The van der Waals surface area contributed by atoms with Crippen molar-refractivity contribution in [3.05, 3.63) is 58.2 Å². The predicted octanol–water partition coefficient (Wildman–Crippen LogP) is 6.95. The number of aryl methyl sites for hydroxylation is 2. The lowest BCUT2D eigenvalue weighted by Crippen LogP contribution is -2.36. The van der Waals surface area contributed by atoms with Crippen LogP contribution in [0.2, 0.25) is 0 Å². The van der Waals surface area contributed by atoms with Crippen LogP contribution in [0.25, 0.3) is 0 Å². The number of rotatable bonds is 9. The van der Waals surface area contributed by atoms with Crippen LogP contribution in [0.5, 0.6) is 11.5 Å². The number of phenols is 1. The Morgan fingerprint density at radius 1 is 1.13 bits per heavy atom. The first kappa shape index (κ1) is 24.3. The van der Waals surface area contributed by atoms with E-state index < -0.39 is 0 Å². The van der Waals surface area contributed by atoms with Crippen molar-refractivity contribution in [1.82, 2.24) is 0 Å². The van der Waals surface area contributed by atoms with Gasteiger partial charge in [-0.2, -0.15) is 0 Å². The molecule has 0 saturated heterocycles. The predicted molar refractivity (Wildman–Crippen MR) is 126 cm³/mol. The molecule has 0 radical (unpaired) electrons. The third-order valence-electron chi connectivity index (χ3n) is 6.05. The molecule has 0 aliphatic carbocycles. The molecule has 1 aliphatic rings. The lowest BCUT2D eigenvalue weighted by Gasteiger charge is -2.36. The number of benzene rings is 1. The van der Waals surface area contributed by atoms with Gasteiger partial charge in [-0.1, -0.05) is 29.4 Å². The fourth-order valence-corrected chi connectivity index (χ4v) is 3.95. The van der Waals surface area contributed by atoms with Crippen LogP contribution in [0.1, 0.15) is 84.3 Å². The van der Waals surface area contributed by atoms with Crippen molar-refractivity contribution in [3.8, 4) is 11.5 Å². The van der Waals surface area contributed by atoms with E-state index in [4.69, 9.17) is 4.74 Å². The molecule has 0 aromatic heterocycles. The van der Waals surface area contributed by atoms with Crippen LogP contribution in [-0.4, -0.2) is 21.9 Å². The molecule has 2 atom stereocenters. The number of aromatic hydroxyl groups is 1. The van der Waals surface area contributed by atoms with E-state index in [1.165, 1.54) is 11.1 Å². The van der Waals surface area contributed by atoms with Crippen LogP contribution < -0.4 is 4.74 Å². The molecule has 0 unspecified atom stereocenters. The summed E-state index contributed by atoms with van der Waals surface area (Å²) in [6.07, 6.45) is 12.8. The number of fused-ring (bicyclic) bond motifs is 1. The number of allylic oxidation sites excluding steroid dienone is 4. The lowest BCUT2D eigenvalue weighted by molar-refractivity contribution is 0.0561. The van der Waals surface area contributed by atoms with Gasteiger partial charge in [0, 0.05) is 0 Å². The maximum absolute atomic E-state index is 10.2. The molecule has 1 aromatic rings. The van der Waals surface area contributed by atoms with Crippen LogP contribution in [0.4, 0.5) is 0 Å². The zero-order chi connectivity index (χ0) is 22.3. The first-order chi connectivity index (χ1) is 14.1. The first-order valence-corrected chi connectivity index (χ1v) is 11.2. The van der Waals surface area contributed by atoms with Crippen molar-refractivity contribution in [2.75, 3.05) is 0 Å². The monoisotopic (exact) mass is 412 g/mol. The van der Waals surface area contributed by atoms with Gasteiger partial charge in [-0.05, 0) is 115 Å². The summed E-state index contributed by atoms with van der Waals surface area (Å²) < 4.78 is 6.38. The van der Waals surface area contributed by atoms with Gasteiger partial charge in [0.25, 0.3) is 0 Å². The Kier molecular flexibility index (Phi) is 8.78. The molecule has 30 heavy (non-hydrogen) atoms. The molecule has 2 rings (SSSR count). The second kappa shape index (κ2) is 10.9. The van der Waals surface area contributed by atoms with Crippen LogP contribution >= 0.6 is 0 Å². The first-order valence-electron chi connectivity index (χ1n) is 11.2. The van der Waals surface area contributed by atoms with E-state index in [-0.39, 0.29) is 11.7 Å². The standard InChI is InChI=1S/C27H40O3/c1-19(2)12-13-25(29)21(4)11-7-9-20(3)10-8-15-27(6)16-14-23-18-24(28)17-22(5)26(23)30-27/h10-12,17-18,25,28-29H,7-9,13-16H2,1-6H3/t25-,27-/m1/s1. The van der Waals surface area contributed by atoms with E-state index in [1.54, 1.807) is 6.07 Å².